The summed E-state index contributed by atoms with van der Waals surface area (Å²) in [6.45, 7) is 5.49. The minimum absolute atomic E-state index is 0.111. The summed E-state index contributed by atoms with van der Waals surface area (Å²) in [5, 5.41) is 2.51. The van der Waals surface area contributed by atoms with Crippen molar-refractivity contribution in [2.75, 3.05) is 59.5 Å². The van der Waals surface area contributed by atoms with E-state index in [4.69, 9.17) is 0 Å². The van der Waals surface area contributed by atoms with Crippen LogP contribution in [-0.4, -0.2) is 92.1 Å². The van der Waals surface area contributed by atoms with Crippen molar-refractivity contribution in [3.05, 3.63) is 0 Å². The lowest BCUT2D eigenvalue weighted by molar-refractivity contribution is -0.141. The summed E-state index contributed by atoms with van der Waals surface area (Å²) in [6, 6.07) is -0.295. The molecule has 8 nitrogen and oxygen atoms in total. The van der Waals surface area contributed by atoms with Gasteiger partial charge >= 0.3 is 12.0 Å². The Balaban J connectivity index is 1.64. The molecule has 2 aliphatic rings. The number of rotatable bonds is 6. The number of urea groups is 1. The number of nitrogens with zero attached hydrogens (tertiary/aromatic N) is 3. The van der Waals surface area contributed by atoms with Gasteiger partial charge in [0.2, 0.25) is 5.91 Å². The van der Waals surface area contributed by atoms with Gasteiger partial charge < -0.3 is 15.0 Å². The van der Waals surface area contributed by atoms with E-state index in [1.807, 2.05) is 0 Å². The van der Waals surface area contributed by atoms with Crippen molar-refractivity contribution in [1.29, 1.82) is 0 Å². The lowest BCUT2D eigenvalue weighted by atomic mass is 10.3. The van der Waals surface area contributed by atoms with Gasteiger partial charge in [0, 0.05) is 45.8 Å². The SMILES string of the molecule is COC(=O)CCN1CCN(CCN2C(=O)CNC2=O)CC1. The second-order valence-corrected chi connectivity index (χ2v) is 5.21. The van der Waals surface area contributed by atoms with Crippen molar-refractivity contribution in [3.8, 4) is 0 Å². The monoisotopic (exact) mass is 298 g/mol. The maximum Gasteiger partial charge on any atom is 0.324 e. The summed E-state index contributed by atoms with van der Waals surface area (Å²) in [4.78, 5) is 39.7. The number of hydrogen-bond acceptors (Lipinski definition) is 6. The molecular formula is C13H22N4O4. The van der Waals surface area contributed by atoms with Crippen LogP contribution in [0.5, 0.6) is 0 Å². The van der Waals surface area contributed by atoms with Gasteiger partial charge in [-0.1, -0.05) is 0 Å². The molecule has 2 rings (SSSR count). The van der Waals surface area contributed by atoms with E-state index in [2.05, 4.69) is 19.9 Å². The summed E-state index contributed by atoms with van der Waals surface area (Å²) in [7, 11) is 1.40. The standard InChI is InChI=1S/C13H22N4O4/c1-21-12(19)2-3-15-4-6-16(7-5-15)8-9-17-11(18)10-14-13(17)20/h2-10H2,1H3,(H,14,20). The van der Waals surface area contributed by atoms with Gasteiger partial charge in [-0.05, 0) is 0 Å². The Labute approximate surface area is 124 Å². The normalized spacial score (nSPS) is 20.7. The maximum atomic E-state index is 11.5. The van der Waals surface area contributed by atoms with Crippen LogP contribution in [0.4, 0.5) is 4.79 Å². The van der Waals surface area contributed by atoms with E-state index in [1.54, 1.807) is 0 Å². The zero-order chi connectivity index (χ0) is 15.2. The van der Waals surface area contributed by atoms with E-state index in [1.165, 1.54) is 12.0 Å². The molecule has 0 spiro atoms. The first-order chi connectivity index (χ1) is 10.1. The fourth-order valence-electron chi connectivity index (χ4n) is 2.51. The van der Waals surface area contributed by atoms with Crippen LogP contribution in [0.2, 0.25) is 0 Å². The van der Waals surface area contributed by atoms with Crippen LogP contribution >= 0.6 is 0 Å². The summed E-state index contributed by atoms with van der Waals surface area (Å²) >= 11 is 0. The van der Waals surface area contributed by atoms with E-state index in [0.29, 0.717) is 26.1 Å². The number of hydrogen-bond donors (Lipinski definition) is 1. The molecule has 2 heterocycles. The molecule has 0 aliphatic carbocycles. The predicted octanol–water partition coefficient (Wildman–Crippen LogP) is -1.28. The van der Waals surface area contributed by atoms with E-state index < -0.39 is 0 Å². The Bertz CT molecular complexity index is 391. The molecule has 3 amide bonds. The summed E-state index contributed by atoms with van der Waals surface area (Å²) in [6.07, 6.45) is 0.416. The first kappa shape index (κ1) is 15.7. The molecule has 2 fully saturated rings. The minimum Gasteiger partial charge on any atom is -0.469 e. The van der Waals surface area contributed by atoms with Crippen LogP contribution in [-0.2, 0) is 14.3 Å². The third kappa shape index (κ3) is 4.40. The topological polar surface area (TPSA) is 82.2 Å². The number of piperazine rings is 1. The molecule has 0 aromatic heterocycles. The Morgan fingerprint density at radius 2 is 1.71 bits per heavy atom. The van der Waals surface area contributed by atoms with E-state index in [-0.39, 0.29) is 24.5 Å². The van der Waals surface area contributed by atoms with E-state index in [0.717, 1.165) is 26.2 Å². The average molecular weight is 298 g/mol. The molecule has 0 aromatic carbocycles. The third-order valence-electron chi connectivity index (χ3n) is 3.90. The summed E-state index contributed by atoms with van der Waals surface area (Å²) in [5.74, 6) is -0.340. The van der Waals surface area contributed by atoms with Crippen molar-refractivity contribution in [1.82, 2.24) is 20.0 Å². The highest BCUT2D eigenvalue weighted by Crippen LogP contribution is 2.05. The Morgan fingerprint density at radius 1 is 1.10 bits per heavy atom. The third-order valence-corrected chi connectivity index (χ3v) is 3.90. The highest BCUT2D eigenvalue weighted by Gasteiger charge is 2.28. The molecule has 0 saturated carbocycles. The molecule has 0 aromatic rings. The lowest BCUT2D eigenvalue weighted by Crippen LogP contribution is -2.49. The van der Waals surface area contributed by atoms with Gasteiger partial charge in [0.15, 0.2) is 0 Å². The van der Waals surface area contributed by atoms with Gasteiger partial charge in [0.05, 0.1) is 20.1 Å². The van der Waals surface area contributed by atoms with Crippen LogP contribution in [0.3, 0.4) is 0 Å². The number of methoxy groups -OCH3 is 1. The number of esters is 1. The van der Waals surface area contributed by atoms with Gasteiger partial charge in [0.25, 0.3) is 0 Å². The van der Waals surface area contributed by atoms with Crippen LogP contribution in [0.25, 0.3) is 0 Å². The Kier molecular flexibility index (Phi) is 5.51. The van der Waals surface area contributed by atoms with Gasteiger partial charge in [-0.3, -0.25) is 19.4 Å². The summed E-state index contributed by atoms with van der Waals surface area (Å²) in [5.41, 5.74) is 0. The molecule has 21 heavy (non-hydrogen) atoms. The molecule has 0 atom stereocenters. The first-order valence-corrected chi connectivity index (χ1v) is 7.20. The predicted molar refractivity (Wildman–Crippen MR) is 74.6 cm³/mol. The molecule has 8 heteroatoms. The fraction of sp³-hybridized carbons (Fsp3) is 0.769. The Hall–Kier alpha value is -1.67. The number of ether oxygens (including phenoxy) is 1. The zero-order valence-electron chi connectivity index (χ0n) is 12.3. The molecule has 0 bridgehead atoms. The molecule has 0 radical (unpaired) electrons. The average Bonchev–Trinajstić information content (AvgIpc) is 2.82. The second-order valence-electron chi connectivity index (χ2n) is 5.21. The quantitative estimate of drug-likeness (QED) is 0.486. The van der Waals surface area contributed by atoms with Gasteiger partial charge in [-0.2, -0.15) is 0 Å². The van der Waals surface area contributed by atoms with Crippen molar-refractivity contribution in [3.63, 3.8) is 0 Å². The molecule has 2 saturated heterocycles. The van der Waals surface area contributed by atoms with Gasteiger partial charge in [-0.15, -0.1) is 0 Å². The molecule has 0 unspecified atom stereocenters. The number of imide groups is 1. The van der Waals surface area contributed by atoms with Gasteiger partial charge in [0.1, 0.15) is 0 Å². The minimum atomic E-state index is -0.295. The summed E-state index contributed by atoms with van der Waals surface area (Å²) < 4.78 is 4.63. The van der Waals surface area contributed by atoms with Crippen LogP contribution in [0.15, 0.2) is 0 Å². The molecule has 1 N–H and O–H groups in total. The highest BCUT2D eigenvalue weighted by molar-refractivity contribution is 6.01. The number of nitrogens with one attached hydrogen (secondary N) is 1. The van der Waals surface area contributed by atoms with Gasteiger partial charge in [-0.25, -0.2) is 4.79 Å². The molecule has 2 aliphatic heterocycles. The number of carbonyl (C=O) groups excluding carboxylic acids is 3. The van der Waals surface area contributed by atoms with Crippen molar-refractivity contribution < 1.29 is 19.1 Å². The first-order valence-electron chi connectivity index (χ1n) is 7.20. The highest BCUT2D eigenvalue weighted by atomic mass is 16.5. The zero-order valence-corrected chi connectivity index (χ0v) is 12.3. The van der Waals surface area contributed by atoms with E-state index >= 15 is 0 Å². The largest absolute Gasteiger partial charge is 0.469 e. The fourth-order valence-corrected chi connectivity index (χ4v) is 2.51. The maximum absolute atomic E-state index is 11.5. The van der Waals surface area contributed by atoms with Crippen molar-refractivity contribution >= 4 is 17.9 Å². The van der Waals surface area contributed by atoms with Crippen LogP contribution in [0, 0.1) is 0 Å². The van der Waals surface area contributed by atoms with Crippen LogP contribution < -0.4 is 5.32 Å². The Morgan fingerprint density at radius 3 is 2.24 bits per heavy atom. The smallest absolute Gasteiger partial charge is 0.324 e. The molecular weight excluding hydrogens is 276 g/mol. The van der Waals surface area contributed by atoms with E-state index in [9.17, 15) is 14.4 Å². The van der Waals surface area contributed by atoms with Crippen molar-refractivity contribution in [2.45, 2.75) is 6.42 Å². The van der Waals surface area contributed by atoms with Crippen LogP contribution in [0.1, 0.15) is 6.42 Å². The lowest BCUT2D eigenvalue weighted by Gasteiger charge is -2.34. The number of amides is 3. The number of carbonyl (C=O) groups is 3. The molecule has 118 valence electrons. The van der Waals surface area contributed by atoms with Crippen molar-refractivity contribution in [2.24, 2.45) is 0 Å². The second kappa shape index (κ2) is 7.37.